The summed E-state index contributed by atoms with van der Waals surface area (Å²) in [4.78, 5) is 15.1. The minimum Gasteiger partial charge on any atom is -0.663 e. The zero-order chi connectivity index (χ0) is 30.7. The molecule has 228 valence electrons. The van der Waals surface area contributed by atoms with Crippen LogP contribution in [0, 0.1) is 0 Å². The van der Waals surface area contributed by atoms with Gasteiger partial charge in [0.25, 0.3) is 0 Å². The Balaban J connectivity index is 0.00000338. The van der Waals surface area contributed by atoms with Crippen molar-refractivity contribution in [1.82, 2.24) is 19.5 Å². The number of imidazole rings is 1. The van der Waals surface area contributed by atoms with Crippen LogP contribution in [0.5, 0.6) is 5.75 Å². The molecule has 46 heavy (non-hydrogen) atoms. The van der Waals surface area contributed by atoms with E-state index in [-0.39, 0.29) is 32.2 Å². The number of aromatic nitrogens is 4. The average molecular weight is 779 g/mol. The molecule has 3 heterocycles. The first-order valence-electron chi connectivity index (χ1n) is 15.2. The van der Waals surface area contributed by atoms with Gasteiger partial charge in [-0.3, -0.25) is 4.57 Å². The summed E-state index contributed by atoms with van der Waals surface area (Å²) in [7, 11) is 0. The normalized spacial score (nSPS) is 11.7. The average Bonchev–Trinajstić information content (AvgIpc) is 3.70. The van der Waals surface area contributed by atoms with Crippen molar-refractivity contribution in [2.75, 3.05) is 0 Å². The summed E-state index contributed by atoms with van der Waals surface area (Å²) in [6, 6.07) is 41.3. The Morgan fingerprint density at radius 2 is 1.43 bits per heavy atom. The number of benzene rings is 5. The van der Waals surface area contributed by atoms with E-state index >= 15 is 0 Å². The number of para-hydroxylation sites is 2. The Morgan fingerprint density at radius 3 is 2.26 bits per heavy atom. The van der Waals surface area contributed by atoms with Gasteiger partial charge in [-0.15, -0.1) is 5.52 Å². The number of aromatic hydroxyl groups is 1. The number of hydrogen-bond donors (Lipinski definition) is 1. The largest absolute Gasteiger partial charge is 0.663 e. The molecule has 0 fully saturated rings. The maximum Gasteiger partial charge on any atom is 0.144 e. The fourth-order valence-electron chi connectivity index (χ4n) is 6.21. The van der Waals surface area contributed by atoms with Crippen LogP contribution < -0.4 is 4.98 Å². The molecule has 0 aliphatic carbocycles. The molecule has 8 aromatic rings. The van der Waals surface area contributed by atoms with Gasteiger partial charge in [0.1, 0.15) is 17.1 Å². The fourth-order valence-corrected chi connectivity index (χ4v) is 6.21. The molecule has 0 amide bonds. The van der Waals surface area contributed by atoms with Crippen LogP contribution in [0.1, 0.15) is 26.3 Å². The third-order valence-corrected chi connectivity index (χ3v) is 8.58. The molecule has 0 unspecified atom stereocenters. The molecule has 0 atom stereocenters. The number of phenols is 1. The topological polar surface area (TPSA) is 65.0 Å². The molecule has 3 aromatic heterocycles. The van der Waals surface area contributed by atoms with Crippen LogP contribution in [0.2, 0.25) is 0 Å². The monoisotopic (exact) mass is 778 g/mol. The van der Waals surface area contributed by atoms with E-state index in [1.165, 1.54) is 5.56 Å². The second-order valence-corrected chi connectivity index (χ2v) is 12.6. The summed E-state index contributed by atoms with van der Waals surface area (Å²) >= 11 is 0. The Bertz CT molecular complexity index is 2380. The minimum absolute atomic E-state index is 0. The van der Waals surface area contributed by atoms with Gasteiger partial charge in [-0.25, -0.2) is 9.97 Å². The summed E-state index contributed by atoms with van der Waals surface area (Å²) in [6.45, 7) is 6.71. The molecule has 0 saturated heterocycles. The van der Waals surface area contributed by atoms with Crippen molar-refractivity contribution in [3.05, 3.63) is 133 Å². The quantitative estimate of drug-likeness (QED) is 0.193. The zero-order valence-electron chi connectivity index (χ0n) is 25.7. The van der Waals surface area contributed by atoms with Gasteiger partial charge in [-0.1, -0.05) is 106 Å². The molecule has 8 rings (SSSR count). The third kappa shape index (κ3) is 5.01. The zero-order valence-corrected chi connectivity index (χ0v) is 27.9. The Hall–Kier alpha value is -4.99. The van der Waals surface area contributed by atoms with Crippen molar-refractivity contribution in [3.8, 4) is 45.2 Å². The van der Waals surface area contributed by atoms with Gasteiger partial charge in [-0.2, -0.15) is 6.20 Å². The first-order chi connectivity index (χ1) is 21.8. The number of pyridine rings is 1. The first kappa shape index (κ1) is 29.7. The Labute approximate surface area is 281 Å². The number of hydrogen-bond acceptors (Lipinski definition) is 3. The molecule has 0 radical (unpaired) electrons. The molecular weight excluding hydrogens is 748 g/mol. The van der Waals surface area contributed by atoms with Crippen molar-refractivity contribution in [3.63, 3.8) is 0 Å². The van der Waals surface area contributed by atoms with E-state index in [1.807, 2.05) is 36.5 Å². The van der Waals surface area contributed by atoms with Crippen molar-refractivity contribution in [1.29, 1.82) is 0 Å². The van der Waals surface area contributed by atoms with E-state index in [1.54, 1.807) is 6.07 Å². The second-order valence-electron chi connectivity index (χ2n) is 12.6. The minimum atomic E-state index is -0.0630. The van der Waals surface area contributed by atoms with E-state index in [2.05, 4.69) is 110 Å². The van der Waals surface area contributed by atoms with Crippen LogP contribution >= 0.6 is 0 Å². The van der Waals surface area contributed by atoms with Gasteiger partial charge < -0.3 is 10.1 Å². The summed E-state index contributed by atoms with van der Waals surface area (Å²) in [5.74, 6) is 0.982. The van der Waals surface area contributed by atoms with Crippen LogP contribution in [-0.2, 0) is 26.5 Å². The fraction of sp³-hybridized carbons (Fsp3) is 0.100. The van der Waals surface area contributed by atoms with Gasteiger partial charge in [0.2, 0.25) is 0 Å². The van der Waals surface area contributed by atoms with E-state index in [0.717, 1.165) is 66.8 Å². The molecule has 0 aliphatic rings. The Morgan fingerprint density at radius 1 is 0.652 bits per heavy atom. The first-order valence-corrected chi connectivity index (χ1v) is 15.2. The van der Waals surface area contributed by atoms with Gasteiger partial charge in [-0.05, 0) is 63.9 Å². The molecule has 5 nitrogen and oxygen atoms in total. The molecule has 0 bridgehead atoms. The van der Waals surface area contributed by atoms with Gasteiger partial charge in [0, 0.05) is 43.3 Å². The van der Waals surface area contributed by atoms with E-state index in [9.17, 15) is 5.11 Å². The van der Waals surface area contributed by atoms with E-state index in [0.29, 0.717) is 5.52 Å². The predicted molar refractivity (Wildman–Crippen MR) is 184 cm³/mol. The van der Waals surface area contributed by atoms with Crippen molar-refractivity contribution < 1.29 is 26.2 Å². The maximum absolute atomic E-state index is 10.6. The third-order valence-electron chi connectivity index (χ3n) is 8.58. The molecule has 1 N–H and O–H groups in total. The van der Waals surface area contributed by atoms with Crippen LogP contribution in [0.15, 0.2) is 128 Å². The van der Waals surface area contributed by atoms with Crippen LogP contribution in [-0.4, -0.2) is 19.6 Å². The maximum atomic E-state index is 10.6. The van der Waals surface area contributed by atoms with Crippen LogP contribution in [0.3, 0.4) is 0 Å². The van der Waals surface area contributed by atoms with Gasteiger partial charge in [0.15, 0.2) is 0 Å². The number of nitrogens with zero attached hydrogens (tertiary/aromatic N) is 4. The van der Waals surface area contributed by atoms with Gasteiger partial charge >= 0.3 is 0 Å². The molecular formula is C40H31N4OPt-. The van der Waals surface area contributed by atoms with Crippen LogP contribution in [0.25, 0.3) is 72.3 Å². The van der Waals surface area contributed by atoms with Crippen molar-refractivity contribution in [2.45, 2.75) is 26.2 Å². The second kappa shape index (κ2) is 11.4. The van der Waals surface area contributed by atoms with E-state index < -0.39 is 0 Å². The Kier molecular flexibility index (Phi) is 7.38. The molecule has 5 aromatic carbocycles. The van der Waals surface area contributed by atoms with Crippen molar-refractivity contribution >= 4 is 32.8 Å². The summed E-state index contributed by atoms with van der Waals surface area (Å²) < 4.78 is 2.25. The summed E-state index contributed by atoms with van der Waals surface area (Å²) in [5.41, 5.74) is 10.4. The SMILES string of the molecule is CC(C)(C)c1cc(-c2nc3c(-c4ccc5cccc(O)c5n4)cccc3n2-c2cccc(-c3ccccc3)c2)c2[n-]ccc2c1.[Pt]. The number of fused-ring (bicyclic) bond motifs is 3. The van der Waals surface area contributed by atoms with Gasteiger partial charge in [0.05, 0.1) is 16.7 Å². The van der Waals surface area contributed by atoms with E-state index in [4.69, 9.17) is 15.0 Å². The smallest absolute Gasteiger partial charge is 0.144 e. The molecule has 0 spiro atoms. The molecule has 0 saturated carbocycles. The summed E-state index contributed by atoms with van der Waals surface area (Å²) in [5, 5.41) is 12.6. The standard InChI is InChI=1S/C40H31N4O.Pt/c1-40(2,3)29-22-28-20-21-41-36(28)32(24-29)39-43-38-31(33-19-18-26-12-8-17-35(45)37(26)42-33)15-9-16-34(38)44(39)30-14-7-13-27(23-30)25-10-5-4-6-11-25;/h4-24H,1-3H3,(H-,41,42,43,45);/q-1;. The number of rotatable bonds is 4. The number of phenolic OH excluding ortho intramolecular Hbond substituents is 1. The van der Waals surface area contributed by atoms with Crippen molar-refractivity contribution in [2.24, 2.45) is 0 Å². The molecule has 0 aliphatic heterocycles. The van der Waals surface area contributed by atoms with Crippen LogP contribution in [0.4, 0.5) is 0 Å². The predicted octanol–water partition coefficient (Wildman–Crippen LogP) is 9.69. The molecule has 6 heteroatoms. The summed E-state index contributed by atoms with van der Waals surface area (Å²) in [6.07, 6.45) is 1.88.